The third-order valence-electron chi connectivity index (χ3n) is 1.66. The van der Waals surface area contributed by atoms with Crippen molar-refractivity contribution in [3.05, 3.63) is 45.5 Å². The van der Waals surface area contributed by atoms with Gasteiger partial charge in [0.05, 0.1) is 11.0 Å². The SMILES string of the molecule is C/C(C#N)=C/c1ccc([N+](=O)[O-])cc1. The van der Waals surface area contributed by atoms with E-state index in [-0.39, 0.29) is 5.69 Å². The van der Waals surface area contributed by atoms with Crippen LogP contribution in [0.2, 0.25) is 0 Å². The minimum Gasteiger partial charge on any atom is -0.258 e. The minimum absolute atomic E-state index is 0.0526. The molecule has 0 saturated heterocycles. The smallest absolute Gasteiger partial charge is 0.258 e. The summed E-state index contributed by atoms with van der Waals surface area (Å²) in [4.78, 5) is 9.87. The van der Waals surface area contributed by atoms with Gasteiger partial charge in [0.2, 0.25) is 0 Å². The van der Waals surface area contributed by atoms with Crippen LogP contribution in [0.15, 0.2) is 29.8 Å². The van der Waals surface area contributed by atoms with Crippen molar-refractivity contribution in [3.63, 3.8) is 0 Å². The number of allylic oxidation sites excluding steroid dienone is 1. The average molecular weight is 188 g/mol. The van der Waals surface area contributed by atoms with Gasteiger partial charge in [-0.25, -0.2) is 0 Å². The number of nitrogens with zero attached hydrogens (tertiary/aromatic N) is 2. The van der Waals surface area contributed by atoms with Gasteiger partial charge in [-0.1, -0.05) is 0 Å². The Morgan fingerprint density at radius 2 is 2.07 bits per heavy atom. The van der Waals surface area contributed by atoms with Crippen LogP contribution in [0, 0.1) is 21.4 Å². The summed E-state index contributed by atoms with van der Waals surface area (Å²) in [5.41, 5.74) is 1.41. The number of nitriles is 1. The van der Waals surface area contributed by atoms with Gasteiger partial charge in [0.25, 0.3) is 5.69 Å². The van der Waals surface area contributed by atoms with Crippen LogP contribution in [-0.2, 0) is 0 Å². The number of non-ortho nitro benzene ring substituents is 1. The fourth-order valence-electron chi connectivity index (χ4n) is 0.975. The minimum atomic E-state index is -0.454. The zero-order valence-corrected chi connectivity index (χ0v) is 7.60. The van der Waals surface area contributed by atoms with E-state index in [9.17, 15) is 10.1 Å². The molecule has 0 unspecified atom stereocenters. The summed E-state index contributed by atoms with van der Waals surface area (Å²) in [6.45, 7) is 1.68. The monoisotopic (exact) mass is 188 g/mol. The first kappa shape index (κ1) is 9.93. The van der Waals surface area contributed by atoms with Crippen LogP contribution in [0.25, 0.3) is 6.08 Å². The first-order valence-electron chi connectivity index (χ1n) is 3.96. The van der Waals surface area contributed by atoms with Gasteiger partial charge in [0, 0.05) is 17.7 Å². The molecule has 1 rings (SSSR count). The molecule has 70 valence electrons. The van der Waals surface area contributed by atoms with E-state index in [2.05, 4.69) is 0 Å². The van der Waals surface area contributed by atoms with Crippen molar-refractivity contribution in [2.45, 2.75) is 6.92 Å². The van der Waals surface area contributed by atoms with Crippen molar-refractivity contribution in [2.24, 2.45) is 0 Å². The van der Waals surface area contributed by atoms with Crippen LogP contribution in [-0.4, -0.2) is 4.92 Å². The molecule has 0 spiro atoms. The van der Waals surface area contributed by atoms with Gasteiger partial charge in [-0.15, -0.1) is 0 Å². The van der Waals surface area contributed by atoms with E-state index in [0.29, 0.717) is 5.57 Å². The molecule has 1 aromatic rings. The highest BCUT2D eigenvalue weighted by Crippen LogP contribution is 2.13. The lowest BCUT2D eigenvalue weighted by Crippen LogP contribution is -1.86. The number of benzene rings is 1. The Hall–Kier alpha value is -2.15. The molecule has 4 heteroatoms. The molecule has 0 radical (unpaired) electrons. The summed E-state index contributed by atoms with van der Waals surface area (Å²) in [6, 6.07) is 8.02. The van der Waals surface area contributed by atoms with Gasteiger partial charge in [-0.2, -0.15) is 5.26 Å². The Morgan fingerprint density at radius 3 is 2.50 bits per heavy atom. The van der Waals surface area contributed by atoms with Crippen molar-refractivity contribution in [1.82, 2.24) is 0 Å². The first-order chi connectivity index (χ1) is 6.63. The molecule has 14 heavy (non-hydrogen) atoms. The molecule has 0 aliphatic rings. The normalized spacial score (nSPS) is 10.7. The summed E-state index contributed by atoms with van der Waals surface area (Å²) >= 11 is 0. The highest BCUT2D eigenvalue weighted by molar-refractivity contribution is 5.57. The number of hydrogen-bond donors (Lipinski definition) is 0. The molecule has 0 N–H and O–H groups in total. The summed E-state index contributed by atoms with van der Waals surface area (Å²) < 4.78 is 0. The van der Waals surface area contributed by atoms with Gasteiger partial charge >= 0.3 is 0 Å². The molecule has 0 aromatic heterocycles. The lowest BCUT2D eigenvalue weighted by Gasteiger charge is -1.93. The zero-order valence-electron chi connectivity index (χ0n) is 7.60. The third kappa shape index (κ3) is 2.42. The van der Waals surface area contributed by atoms with Crippen LogP contribution in [0.5, 0.6) is 0 Å². The molecule has 0 bridgehead atoms. The Morgan fingerprint density at radius 1 is 1.50 bits per heavy atom. The maximum atomic E-state index is 10.3. The quantitative estimate of drug-likeness (QED) is 0.407. The van der Waals surface area contributed by atoms with Crippen molar-refractivity contribution < 1.29 is 4.92 Å². The summed E-state index contributed by atoms with van der Waals surface area (Å²) in [5, 5.41) is 18.8. The van der Waals surface area contributed by atoms with Gasteiger partial charge < -0.3 is 0 Å². The predicted octanol–water partition coefficient (Wildman–Crippen LogP) is 2.52. The standard InChI is InChI=1S/C10H8N2O2/c1-8(7-11)6-9-2-4-10(5-3-9)12(13)14/h2-6H,1H3/b8-6-. The van der Waals surface area contributed by atoms with Crippen molar-refractivity contribution in [3.8, 4) is 6.07 Å². The van der Waals surface area contributed by atoms with Gasteiger partial charge in [-0.05, 0) is 30.7 Å². The molecule has 0 saturated carbocycles. The lowest BCUT2D eigenvalue weighted by molar-refractivity contribution is -0.384. The number of nitro groups is 1. The molecular formula is C10H8N2O2. The number of hydrogen-bond acceptors (Lipinski definition) is 3. The Bertz CT molecular complexity index is 413. The second-order valence-corrected chi connectivity index (χ2v) is 2.79. The topological polar surface area (TPSA) is 66.9 Å². The van der Waals surface area contributed by atoms with Crippen LogP contribution >= 0.6 is 0 Å². The number of rotatable bonds is 2. The summed E-state index contributed by atoms with van der Waals surface area (Å²) in [7, 11) is 0. The van der Waals surface area contributed by atoms with E-state index in [4.69, 9.17) is 5.26 Å². The second kappa shape index (κ2) is 4.19. The van der Waals surface area contributed by atoms with Gasteiger partial charge in [0.1, 0.15) is 0 Å². The van der Waals surface area contributed by atoms with Crippen LogP contribution < -0.4 is 0 Å². The molecule has 0 heterocycles. The van der Waals surface area contributed by atoms with E-state index in [1.807, 2.05) is 6.07 Å². The third-order valence-corrected chi connectivity index (χ3v) is 1.66. The van der Waals surface area contributed by atoms with Crippen molar-refractivity contribution in [1.29, 1.82) is 5.26 Å². The molecule has 4 nitrogen and oxygen atoms in total. The fraction of sp³-hybridized carbons (Fsp3) is 0.100. The van der Waals surface area contributed by atoms with Gasteiger partial charge in [0.15, 0.2) is 0 Å². The van der Waals surface area contributed by atoms with E-state index < -0.39 is 4.92 Å². The van der Waals surface area contributed by atoms with Crippen molar-refractivity contribution in [2.75, 3.05) is 0 Å². The Kier molecular flexibility index (Phi) is 2.97. The average Bonchev–Trinajstić information content (AvgIpc) is 2.18. The maximum absolute atomic E-state index is 10.3. The second-order valence-electron chi connectivity index (χ2n) is 2.79. The largest absolute Gasteiger partial charge is 0.269 e. The molecule has 0 atom stereocenters. The number of nitro benzene ring substituents is 1. The maximum Gasteiger partial charge on any atom is 0.269 e. The Labute approximate surface area is 81.2 Å². The molecular weight excluding hydrogens is 180 g/mol. The highest BCUT2D eigenvalue weighted by atomic mass is 16.6. The first-order valence-corrected chi connectivity index (χ1v) is 3.96. The summed E-state index contributed by atoms with van der Waals surface area (Å²) in [6.07, 6.45) is 1.67. The summed E-state index contributed by atoms with van der Waals surface area (Å²) in [5.74, 6) is 0. The molecule has 0 fully saturated rings. The van der Waals surface area contributed by atoms with E-state index in [0.717, 1.165) is 5.56 Å². The molecule has 0 aliphatic carbocycles. The van der Waals surface area contributed by atoms with Gasteiger partial charge in [-0.3, -0.25) is 10.1 Å². The predicted molar refractivity (Wildman–Crippen MR) is 52.4 cm³/mol. The van der Waals surface area contributed by atoms with E-state index >= 15 is 0 Å². The fourth-order valence-corrected chi connectivity index (χ4v) is 0.975. The molecule has 0 amide bonds. The van der Waals surface area contributed by atoms with E-state index in [1.54, 1.807) is 25.1 Å². The van der Waals surface area contributed by atoms with Crippen LogP contribution in [0.1, 0.15) is 12.5 Å². The lowest BCUT2D eigenvalue weighted by atomic mass is 10.1. The Balaban J connectivity index is 2.96. The highest BCUT2D eigenvalue weighted by Gasteiger charge is 2.02. The van der Waals surface area contributed by atoms with Crippen LogP contribution in [0.3, 0.4) is 0 Å². The zero-order chi connectivity index (χ0) is 10.6. The molecule has 1 aromatic carbocycles. The van der Waals surface area contributed by atoms with Crippen molar-refractivity contribution >= 4 is 11.8 Å². The molecule has 0 aliphatic heterocycles. The van der Waals surface area contributed by atoms with Crippen LogP contribution in [0.4, 0.5) is 5.69 Å². The van der Waals surface area contributed by atoms with E-state index in [1.165, 1.54) is 12.1 Å².